The minimum absolute atomic E-state index is 0. The molecule has 1 unspecified atom stereocenters. The van der Waals surface area contributed by atoms with Gasteiger partial charge in [-0.25, -0.2) is 4.79 Å². The van der Waals surface area contributed by atoms with E-state index in [1.807, 2.05) is 30.3 Å². The van der Waals surface area contributed by atoms with Crippen molar-refractivity contribution in [2.24, 2.45) is 0 Å². The molecule has 4 rings (SSSR count). The molecule has 0 bridgehead atoms. The van der Waals surface area contributed by atoms with E-state index in [2.05, 4.69) is 17.0 Å². The van der Waals surface area contributed by atoms with Crippen LogP contribution in [0, 0.1) is 0 Å². The van der Waals surface area contributed by atoms with Gasteiger partial charge in [0.25, 0.3) is 0 Å². The first-order chi connectivity index (χ1) is 18.1. The van der Waals surface area contributed by atoms with Crippen molar-refractivity contribution in [3.05, 3.63) is 83.4 Å². The zero-order valence-electron chi connectivity index (χ0n) is 22.2. The highest BCUT2D eigenvalue weighted by Crippen LogP contribution is 2.38. The SMILES string of the molecule is CCOC(=O)c1ccc(OCCCN2CCc3cc(OC)c(OC)cc3C2COc2ccccc2)cc1.Cl. The summed E-state index contributed by atoms with van der Waals surface area (Å²) >= 11 is 0. The highest BCUT2D eigenvalue weighted by Gasteiger charge is 2.29. The maximum Gasteiger partial charge on any atom is 0.338 e. The van der Waals surface area contributed by atoms with Gasteiger partial charge >= 0.3 is 5.97 Å². The summed E-state index contributed by atoms with van der Waals surface area (Å²) in [5, 5.41) is 0. The van der Waals surface area contributed by atoms with Gasteiger partial charge in [-0.2, -0.15) is 0 Å². The largest absolute Gasteiger partial charge is 0.494 e. The Hall–Kier alpha value is -3.42. The molecule has 1 heterocycles. The number of hydrogen-bond donors (Lipinski definition) is 0. The fourth-order valence-corrected chi connectivity index (χ4v) is 4.59. The second-order valence-electron chi connectivity index (χ2n) is 8.78. The van der Waals surface area contributed by atoms with Crippen LogP contribution >= 0.6 is 12.4 Å². The lowest BCUT2D eigenvalue weighted by molar-refractivity contribution is 0.0526. The van der Waals surface area contributed by atoms with E-state index < -0.39 is 0 Å². The Morgan fingerprint density at radius 3 is 2.29 bits per heavy atom. The van der Waals surface area contributed by atoms with E-state index in [4.69, 9.17) is 23.7 Å². The number of rotatable bonds is 12. The van der Waals surface area contributed by atoms with Crippen molar-refractivity contribution < 1.29 is 28.5 Å². The summed E-state index contributed by atoms with van der Waals surface area (Å²) in [7, 11) is 3.33. The van der Waals surface area contributed by atoms with E-state index in [9.17, 15) is 4.79 Å². The van der Waals surface area contributed by atoms with Gasteiger partial charge in [-0.15, -0.1) is 12.4 Å². The lowest BCUT2D eigenvalue weighted by Gasteiger charge is -2.37. The number of methoxy groups -OCH3 is 2. The predicted octanol–water partition coefficient (Wildman–Crippen LogP) is 5.75. The average molecular weight is 542 g/mol. The minimum atomic E-state index is -0.322. The molecule has 0 saturated carbocycles. The first-order valence-electron chi connectivity index (χ1n) is 12.7. The van der Waals surface area contributed by atoms with E-state index in [1.165, 1.54) is 11.1 Å². The number of ether oxygens (including phenoxy) is 5. The second kappa shape index (κ2) is 14.5. The normalized spacial score (nSPS) is 14.6. The molecule has 0 fully saturated rings. The zero-order valence-corrected chi connectivity index (χ0v) is 23.0. The average Bonchev–Trinajstić information content (AvgIpc) is 2.94. The van der Waals surface area contributed by atoms with Gasteiger partial charge in [0.2, 0.25) is 0 Å². The maximum atomic E-state index is 11.8. The quantitative estimate of drug-likeness (QED) is 0.214. The van der Waals surface area contributed by atoms with Gasteiger partial charge in [0.1, 0.15) is 18.1 Å². The number of nitrogens with zero attached hydrogens (tertiary/aromatic N) is 1. The van der Waals surface area contributed by atoms with E-state index in [1.54, 1.807) is 45.4 Å². The van der Waals surface area contributed by atoms with Gasteiger partial charge in [0.05, 0.1) is 39.0 Å². The number of carbonyl (C=O) groups is 1. The predicted molar refractivity (Wildman–Crippen MR) is 149 cm³/mol. The number of benzene rings is 3. The van der Waals surface area contributed by atoms with Crippen LogP contribution in [0.5, 0.6) is 23.0 Å². The number of para-hydroxylation sites is 1. The Morgan fingerprint density at radius 2 is 1.61 bits per heavy atom. The lowest BCUT2D eigenvalue weighted by atomic mass is 9.92. The summed E-state index contributed by atoms with van der Waals surface area (Å²) in [5.41, 5.74) is 2.98. The van der Waals surface area contributed by atoms with Crippen molar-refractivity contribution in [1.82, 2.24) is 4.90 Å². The summed E-state index contributed by atoms with van der Waals surface area (Å²) in [6.45, 7) is 5.03. The standard InChI is InChI=1S/C30H35NO6.ClH/c1-4-35-30(32)22-11-13-25(14-12-22)36-18-8-16-31-17-15-23-19-28(33-2)29(34-3)20-26(23)27(31)21-37-24-9-6-5-7-10-24;/h5-7,9-14,19-20,27H,4,8,15-18,21H2,1-3H3;1H. The summed E-state index contributed by atoms with van der Waals surface area (Å²) in [6.07, 6.45) is 1.78. The molecule has 3 aromatic rings. The van der Waals surface area contributed by atoms with Gasteiger partial charge in [-0.3, -0.25) is 4.90 Å². The van der Waals surface area contributed by atoms with Crippen LogP contribution in [0.3, 0.4) is 0 Å². The molecule has 1 atom stereocenters. The molecule has 38 heavy (non-hydrogen) atoms. The fourth-order valence-electron chi connectivity index (χ4n) is 4.59. The van der Waals surface area contributed by atoms with E-state index in [0.29, 0.717) is 25.4 Å². The van der Waals surface area contributed by atoms with Crippen molar-refractivity contribution in [1.29, 1.82) is 0 Å². The molecule has 1 aliphatic rings. The Bertz CT molecular complexity index is 1160. The number of carbonyl (C=O) groups excluding carboxylic acids is 1. The molecular weight excluding hydrogens is 506 g/mol. The third-order valence-electron chi connectivity index (χ3n) is 6.49. The van der Waals surface area contributed by atoms with Crippen LogP contribution in [0.2, 0.25) is 0 Å². The third-order valence-corrected chi connectivity index (χ3v) is 6.49. The fraction of sp³-hybridized carbons (Fsp3) is 0.367. The third kappa shape index (κ3) is 7.33. The van der Waals surface area contributed by atoms with Crippen molar-refractivity contribution in [3.8, 4) is 23.0 Å². The monoisotopic (exact) mass is 541 g/mol. The van der Waals surface area contributed by atoms with Crippen LogP contribution in [0.4, 0.5) is 0 Å². The molecular formula is C30H36ClNO6. The van der Waals surface area contributed by atoms with E-state index in [-0.39, 0.29) is 24.4 Å². The van der Waals surface area contributed by atoms with E-state index in [0.717, 1.165) is 48.9 Å². The molecule has 0 aliphatic carbocycles. The second-order valence-corrected chi connectivity index (χ2v) is 8.78. The molecule has 0 N–H and O–H groups in total. The van der Waals surface area contributed by atoms with Crippen molar-refractivity contribution in [2.75, 3.05) is 47.1 Å². The topological polar surface area (TPSA) is 66.5 Å². The Morgan fingerprint density at radius 1 is 0.921 bits per heavy atom. The Balaban J connectivity index is 0.00000400. The van der Waals surface area contributed by atoms with Crippen LogP contribution in [-0.2, 0) is 11.2 Å². The number of esters is 1. The van der Waals surface area contributed by atoms with E-state index >= 15 is 0 Å². The summed E-state index contributed by atoms with van der Waals surface area (Å²) in [6, 6.07) is 21.2. The van der Waals surface area contributed by atoms with Gasteiger partial charge in [0.15, 0.2) is 11.5 Å². The molecule has 204 valence electrons. The van der Waals surface area contributed by atoms with Crippen molar-refractivity contribution in [3.63, 3.8) is 0 Å². The first-order valence-corrected chi connectivity index (χ1v) is 12.7. The molecule has 0 amide bonds. The molecule has 0 saturated heterocycles. The van der Waals surface area contributed by atoms with Crippen molar-refractivity contribution >= 4 is 18.4 Å². The molecule has 0 aromatic heterocycles. The number of hydrogen-bond acceptors (Lipinski definition) is 7. The number of fused-ring (bicyclic) bond motifs is 1. The molecule has 7 nitrogen and oxygen atoms in total. The van der Waals surface area contributed by atoms with Gasteiger partial charge < -0.3 is 23.7 Å². The van der Waals surface area contributed by atoms with Crippen LogP contribution in [0.1, 0.15) is 40.9 Å². The van der Waals surface area contributed by atoms with Crippen molar-refractivity contribution in [2.45, 2.75) is 25.8 Å². The summed E-state index contributed by atoms with van der Waals surface area (Å²) < 4.78 is 28.3. The Kier molecular flexibility index (Phi) is 11.1. The zero-order chi connectivity index (χ0) is 26.0. The van der Waals surface area contributed by atoms with Crippen LogP contribution < -0.4 is 18.9 Å². The summed E-state index contributed by atoms with van der Waals surface area (Å²) in [4.78, 5) is 14.3. The van der Waals surface area contributed by atoms with Crippen LogP contribution in [-0.4, -0.2) is 58.0 Å². The Labute approximate surface area is 231 Å². The minimum Gasteiger partial charge on any atom is -0.494 e. The molecule has 0 spiro atoms. The molecule has 1 aliphatic heterocycles. The molecule has 8 heteroatoms. The van der Waals surface area contributed by atoms with Gasteiger partial charge in [-0.1, -0.05) is 18.2 Å². The lowest BCUT2D eigenvalue weighted by Crippen LogP contribution is -2.39. The van der Waals surface area contributed by atoms with Crippen LogP contribution in [0.15, 0.2) is 66.7 Å². The van der Waals surface area contributed by atoms with Gasteiger partial charge in [-0.05, 0) is 79.4 Å². The van der Waals surface area contributed by atoms with Crippen LogP contribution in [0.25, 0.3) is 0 Å². The maximum absolute atomic E-state index is 11.8. The summed E-state index contributed by atoms with van der Waals surface area (Å²) in [5.74, 6) is 2.74. The number of halogens is 1. The van der Waals surface area contributed by atoms with Gasteiger partial charge in [0, 0.05) is 13.1 Å². The highest BCUT2D eigenvalue weighted by molar-refractivity contribution is 5.89. The molecule has 3 aromatic carbocycles. The smallest absolute Gasteiger partial charge is 0.338 e. The first kappa shape index (κ1) is 29.1. The highest BCUT2D eigenvalue weighted by atomic mass is 35.5. The molecule has 0 radical (unpaired) electrons.